The number of rotatable bonds is 6. The van der Waals surface area contributed by atoms with E-state index in [1.165, 1.54) is 0 Å². The van der Waals surface area contributed by atoms with Crippen LogP contribution in [0, 0.1) is 5.82 Å². The molecular formula is C13H15F4NO2. The molecule has 0 saturated carbocycles. The Morgan fingerprint density at radius 3 is 2.50 bits per heavy atom. The molecule has 0 radical (unpaired) electrons. The molecule has 0 amide bonds. The highest BCUT2D eigenvalue weighted by Crippen LogP contribution is 2.30. The first-order chi connectivity index (χ1) is 9.24. The number of carbonyl (C=O) groups is 1. The summed E-state index contributed by atoms with van der Waals surface area (Å²) in [6.45, 7) is 1.65. The summed E-state index contributed by atoms with van der Waals surface area (Å²) in [5.41, 5.74) is -1.03. The average Bonchev–Trinajstić information content (AvgIpc) is 2.32. The molecular weight excluding hydrogens is 278 g/mol. The molecule has 0 bridgehead atoms. The number of nitrogens with one attached hydrogen (secondary N) is 1. The van der Waals surface area contributed by atoms with Crippen LogP contribution in [0.5, 0.6) is 0 Å². The fraction of sp³-hybridized carbons (Fsp3) is 0.462. The van der Waals surface area contributed by atoms with Crippen molar-refractivity contribution in [3.8, 4) is 0 Å². The molecule has 3 nitrogen and oxygen atoms in total. The molecule has 0 aliphatic rings. The molecule has 1 rings (SSSR count). The van der Waals surface area contributed by atoms with E-state index in [2.05, 4.69) is 5.32 Å². The number of halogens is 4. The summed E-state index contributed by atoms with van der Waals surface area (Å²) >= 11 is 0. The van der Waals surface area contributed by atoms with Gasteiger partial charge in [-0.05, 0) is 30.2 Å². The van der Waals surface area contributed by atoms with E-state index in [1.54, 1.807) is 6.92 Å². The lowest BCUT2D eigenvalue weighted by Gasteiger charge is -2.14. The molecule has 2 N–H and O–H groups in total. The molecule has 0 spiro atoms. The Morgan fingerprint density at radius 1 is 1.35 bits per heavy atom. The van der Waals surface area contributed by atoms with Crippen molar-refractivity contribution < 1.29 is 27.5 Å². The number of hydrogen-bond acceptors (Lipinski definition) is 2. The maximum atomic E-state index is 13.1. The van der Waals surface area contributed by atoms with Crippen molar-refractivity contribution in [3.05, 3.63) is 35.1 Å². The molecule has 112 valence electrons. The molecule has 1 atom stereocenters. The van der Waals surface area contributed by atoms with E-state index in [0.717, 1.165) is 12.1 Å². The molecule has 0 saturated heterocycles. The topological polar surface area (TPSA) is 49.3 Å². The summed E-state index contributed by atoms with van der Waals surface area (Å²) in [6, 6.07) is 1.30. The second-order valence-electron chi connectivity index (χ2n) is 4.41. The average molecular weight is 293 g/mol. The second-order valence-corrected chi connectivity index (χ2v) is 4.41. The van der Waals surface area contributed by atoms with Gasteiger partial charge < -0.3 is 10.4 Å². The summed E-state index contributed by atoms with van der Waals surface area (Å²) in [5.74, 6) is -2.08. The van der Waals surface area contributed by atoms with Gasteiger partial charge in [-0.2, -0.15) is 13.2 Å². The number of carboxylic acid groups (broad SMARTS) is 1. The Bertz CT molecular complexity index is 474. The lowest BCUT2D eigenvalue weighted by molar-refractivity contribution is -0.140. The molecule has 0 aromatic heterocycles. The van der Waals surface area contributed by atoms with Crippen LogP contribution in [0.2, 0.25) is 0 Å². The van der Waals surface area contributed by atoms with Crippen molar-refractivity contribution in [2.45, 2.75) is 38.5 Å². The van der Waals surface area contributed by atoms with Gasteiger partial charge in [0, 0.05) is 6.54 Å². The predicted molar refractivity (Wildman–Crippen MR) is 64.6 cm³/mol. The Hall–Kier alpha value is -1.63. The minimum absolute atomic E-state index is 0.0553. The zero-order chi connectivity index (χ0) is 15.3. The van der Waals surface area contributed by atoms with Gasteiger partial charge in [0.1, 0.15) is 11.9 Å². The van der Waals surface area contributed by atoms with Crippen LogP contribution in [0.25, 0.3) is 0 Å². The molecule has 0 fully saturated rings. The molecule has 7 heteroatoms. The van der Waals surface area contributed by atoms with Gasteiger partial charge in [-0.3, -0.25) is 4.79 Å². The summed E-state index contributed by atoms with van der Waals surface area (Å²) in [4.78, 5) is 10.9. The van der Waals surface area contributed by atoms with Gasteiger partial charge in [0.15, 0.2) is 0 Å². The molecule has 20 heavy (non-hydrogen) atoms. The Balaban J connectivity index is 2.82. The highest BCUT2D eigenvalue weighted by Gasteiger charge is 2.31. The van der Waals surface area contributed by atoms with Crippen LogP contribution < -0.4 is 5.32 Å². The van der Waals surface area contributed by atoms with Gasteiger partial charge in [-0.15, -0.1) is 0 Å². The normalized spacial score (nSPS) is 13.2. The van der Waals surface area contributed by atoms with Gasteiger partial charge in [0.05, 0.1) is 5.56 Å². The molecule has 0 aliphatic carbocycles. The van der Waals surface area contributed by atoms with Crippen LogP contribution in [0.3, 0.4) is 0 Å². The smallest absolute Gasteiger partial charge is 0.416 e. The van der Waals surface area contributed by atoms with Crippen LogP contribution in [0.1, 0.15) is 30.9 Å². The molecule has 1 aromatic carbocycles. The first-order valence-electron chi connectivity index (χ1n) is 6.07. The van der Waals surface area contributed by atoms with Crippen molar-refractivity contribution >= 4 is 5.97 Å². The fourth-order valence-electron chi connectivity index (χ4n) is 1.76. The van der Waals surface area contributed by atoms with Crippen LogP contribution in [-0.4, -0.2) is 17.1 Å². The van der Waals surface area contributed by atoms with Crippen LogP contribution in [-0.2, 0) is 17.5 Å². The molecule has 0 aliphatic heterocycles. The van der Waals surface area contributed by atoms with Crippen LogP contribution in [0.4, 0.5) is 17.6 Å². The van der Waals surface area contributed by atoms with E-state index in [0.29, 0.717) is 18.9 Å². The van der Waals surface area contributed by atoms with E-state index in [9.17, 15) is 22.4 Å². The van der Waals surface area contributed by atoms with Crippen LogP contribution in [0.15, 0.2) is 18.2 Å². The zero-order valence-corrected chi connectivity index (χ0v) is 10.8. The third-order valence-electron chi connectivity index (χ3n) is 2.71. The van der Waals surface area contributed by atoms with Gasteiger partial charge in [0.2, 0.25) is 0 Å². The van der Waals surface area contributed by atoms with Crippen molar-refractivity contribution in [1.29, 1.82) is 0 Å². The molecule has 0 heterocycles. The van der Waals surface area contributed by atoms with E-state index in [-0.39, 0.29) is 12.1 Å². The maximum Gasteiger partial charge on any atom is 0.416 e. The molecule has 1 unspecified atom stereocenters. The first kappa shape index (κ1) is 16.4. The van der Waals surface area contributed by atoms with E-state index in [4.69, 9.17) is 5.11 Å². The van der Waals surface area contributed by atoms with E-state index in [1.807, 2.05) is 0 Å². The summed E-state index contributed by atoms with van der Waals surface area (Å²) in [7, 11) is 0. The summed E-state index contributed by atoms with van der Waals surface area (Å²) in [5, 5.41) is 11.5. The summed E-state index contributed by atoms with van der Waals surface area (Å²) < 4.78 is 50.7. The number of aliphatic carboxylic acids is 1. The highest BCUT2D eigenvalue weighted by atomic mass is 19.4. The van der Waals surface area contributed by atoms with E-state index >= 15 is 0 Å². The predicted octanol–water partition coefficient (Wildman–Crippen LogP) is 3.19. The van der Waals surface area contributed by atoms with Crippen molar-refractivity contribution in [2.75, 3.05) is 0 Å². The molecule has 1 aromatic rings. The van der Waals surface area contributed by atoms with Gasteiger partial charge in [-0.25, -0.2) is 4.39 Å². The zero-order valence-electron chi connectivity index (χ0n) is 10.8. The summed E-state index contributed by atoms with van der Waals surface area (Å²) in [6.07, 6.45) is -3.68. The van der Waals surface area contributed by atoms with Gasteiger partial charge >= 0.3 is 12.1 Å². The van der Waals surface area contributed by atoms with Crippen molar-refractivity contribution in [1.82, 2.24) is 5.32 Å². The third kappa shape index (κ3) is 4.80. The minimum atomic E-state index is -4.63. The monoisotopic (exact) mass is 293 g/mol. The minimum Gasteiger partial charge on any atom is -0.480 e. The first-order valence-corrected chi connectivity index (χ1v) is 6.07. The SMILES string of the molecule is CCCC(NCc1cc(F)cc(C(F)(F)F)c1)C(=O)O. The Kier molecular flexibility index (Phi) is 5.50. The van der Waals surface area contributed by atoms with Gasteiger partial charge in [-0.1, -0.05) is 13.3 Å². The van der Waals surface area contributed by atoms with Gasteiger partial charge in [0.25, 0.3) is 0 Å². The number of hydrogen-bond donors (Lipinski definition) is 2. The Labute approximate surface area is 113 Å². The maximum absolute atomic E-state index is 13.1. The fourth-order valence-corrected chi connectivity index (χ4v) is 1.76. The Morgan fingerprint density at radius 2 is 2.00 bits per heavy atom. The third-order valence-corrected chi connectivity index (χ3v) is 2.71. The quantitative estimate of drug-likeness (QED) is 0.792. The standard InChI is InChI=1S/C13H15F4NO2/c1-2-3-11(12(19)20)18-7-8-4-9(13(15,16)17)6-10(14)5-8/h4-6,11,18H,2-3,7H2,1H3,(H,19,20). The lowest BCUT2D eigenvalue weighted by atomic mass is 10.1. The van der Waals surface area contributed by atoms with Crippen LogP contribution >= 0.6 is 0 Å². The lowest BCUT2D eigenvalue weighted by Crippen LogP contribution is -2.36. The van der Waals surface area contributed by atoms with Crippen molar-refractivity contribution in [2.24, 2.45) is 0 Å². The number of alkyl halides is 3. The van der Waals surface area contributed by atoms with E-state index < -0.39 is 29.6 Å². The largest absolute Gasteiger partial charge is 0.480 e. The number of benzene rings is 1. The number of carboxylic acids is 1. The highest BCUT2D eigenvalue weighted by molar-refractivity contribution is 5.73. The second kappa shape index (κ2) is 6.69. The van der Waals surface area contributed by atoms with Crippen molar-refractivity contribution in [3.63, 3.8) is 0 Å².